The number of carbonyl (C=O) groups is 13. The summed E-state index contributed by atoms with van der Waals surface area (Å²) in [6, 6.07) is -1.95. The Morgan fingerprint density at radius 1 is 0.663 bits per heavy atom. The molecule has 3 aromatic heterocycles. The molecule has 1 aliphatic heterocycles. The predicted octanol–water partition coefficient (Wildman–Crippen LogP) is -0.712. The highest BCUT2D eigenvalue weighted by Crippen LogP contribution is 2.24. The number of primary amides is 1. The van der Waals surface area contributed by atoms with Gasteiger partial charge in [0.2, 0.25) is 53.2 Å². The van der Waals surface area contributed by atoms with E-state index < -0.39 is 180 Å². The highest BCUT2D eigenvalue weighted by molar-refractivity contribution is 8.16. The summed E-state index contributed by atoms with van der Waals surface area (Å²) < 4.78 is 0. The van der Waals surface area contributed by atoms with E-state index in [0.29, 0.717) is 51.5 Å². The number of nitrogens with one attached hydrogen (secondary N) is 14. The van der Waals surface area contributed by atoms with Crippen molar-refractivity contribution in [1.82, 2.24) is 78.4 Å². The molecule has 2 aromatic carbocycles. The molecule has 4 heterocycles. The molecule has 0 bridgehead atoms. The Morgan fingerprint density at radius 3 is 1.79 bits per heavy atom. The van der Waals surface area contributed by atoms with Gasteiger partial charge in [-0.1, -0.05) is 64.1 Å². The van der Waals surface area contributed by atoms with Gasteiger partial charge in [-0.05, 0) is 102 Å². The minimum Gasteiger partial charge on any atom is -0.481 e. The van der Waals surface area contributed by atoms with Gasteiger partial charge >= 0.3 is 5.97 Å². The van der Waals surface area contributed by atoms with Crippen LogP contribution >= 0.6 is 23.5 Å². The second-order valence-electron chi connectivity index (χ2n) is 26.8. The van der Waals surface area contributed by atoms with Crippen molar-refractivity contribution in [3.8, 4) is 0 Å². The molecule has 5 aromatic rings. The minimum atomic E-state index is -1.54. The largest absolute Gasteiger partial charge is 0.481 e. The molecule has 9 amide bonds. The fourth-order valence-corrected chi connectivity index (χ4v) is 14.3. The van der Waals surface area contributed by atoms with Crippen LogP contribution in [0.2, 0.25) is 0 Å². The van der Waals surface area contributed by atoms with Crippen molar-refractivity contribution in [2.45, 2.75) is 191 Å². The van der Waals surface area contributed by atoms with Crippen molar-refractivity contribution >= 4 is 122 Å². The molecular formula is C70H101N17O15S2. The molecule has 1 fully saturated rings. The van der Waals surface area contributed by atoms with Crippen molar-refractivity contribution in [1.29, 1.82) is 0 Å². The van der Waals surface area contributed by atoms with E-state index in [9.17, 15) is 63.0 Å². The van der Waals surface area contributed by atoms with Crippen LogP contribution in [0.4, 0.5) is 0 Å². The lowest BCUT2D eigenvalue weighted by molar-refractivity contribution is -0.140. The zero-order valence-corrected chi connectivity index (χ0v) is 61.4. The lowest BCUT2D eigenvalue weighted by Gasteiger charge is -2.31. The van der Waals surface area contributed by atoms with Gasteiger partial charge in [-0.25, -0.2) is 4.98 Å². The number of aromatic amines is 3. The van der Waals surface area contributed by atoms with Crippen LogP contribution in [0.15, 0.2) is 73.4 Å². The number of aliphatic carboxylic acids is 1. The van der Waals surface area contributed by atoms with E-state index in [2.05, 4.69) is 78.4 Å². The first-order chi connectivity index (χ1) is 49.5. The van der Waals surface area contributed by atoms with E-state index in [1.54, 1.807) is 64.4 Å². The Morgan fingerprint density at radius 2 is 1.22 bits per heavy atom. The summed E-state index contributed by atoms with van der Waals surface area (Å²) >= 11 is 2.35. The lowest BCUT2D eigenvalue weighted by atomic mass is 9.95. The van der Waals surface area contributed by atoms with E-state index in [1.807, 2.05) is 24.3 Å². The summed E-state index contributed by atoms with van der Waals surface area (Å²) in [6.07, 6.45) is 3.52. The number of nitrogens with two attached hydrogens (primary N) is 2. The molecule has 1 saturated heterocycles. The molecule has 34 heteroatoms. The van der Waals surface area contributed by atoms with Crippen molar-refractivity contribution < 1.29 is 72.5 Å². The molecule has 32 nitrogen and oxygen atoms in total. The number of para-hydroxylation sites is 2. The number of fused-ring (bicyclic) bond motifs is 2. The van der Waals surface area contributed by atoms with Gasteiger partial charge in [0.15, 0.2) is 11.6 Å². The maximum Gasteiger partial charge on any atom is 0.305 e. The number of aliphatic hydroxyl groups excluding tert-OH is 1. The molecule has 0 radical (unpaired) electrons. The zero-order valence-electron chi connectivity index (χ0n) is 59.8. The summed E-state index contributed by atoms with van der Waals surface area (Å²) in [4.78, 5) is 198. The number of amides is 9. The van der Waals surface area contributed by atoms with Crippen molar-refractivity contribution in [2.75, 3.05) is 36.7 Å². The number of nitrogens with zero attached hydrogens (tertiary/aromatic N) is 1. The molecular weight excluding hydrogens is 1380 g/mol. The van der Waals surface area contributed by atoms with Gasteiger partial charge in [-0.3, -0.25) is 73.0 Å². The number of imidazole rings is 1. The first kappa shape index (κ1) is 83.9. The van der Waals surface area contributed by atoms with E-state index in [1.165, 1.54) is 63.9 Å². The Bertz CT molecular complexity index is 3770. The van der Waals surface area contributed by atoms with Crippen molar-refractivity contribution in [2.24, 2.45) is 23.3 Å². The molecule has 20 N–H and O–H groups in total. The second-order valence-corrected chi connectivity index (χ2v) is 29.2. The lowest BCUT2D eigenvalue weighted by Crippen LogP contribution is -2.61. The first-order valence-electron chi connectivity index (χ1n) is 34.8. The fraction of sp³-hybridized carbons (Fsp3) is 0.543. The van der Waals surface area contributed by atoms with Crippen LogP contribution in [-0.4, -0.2) is 222 Å². The van der Waals surface area contributed by atoms with Gasteiger partial charge in [0, 0.05) is 88.4 Å². The number of carboxylic acid groups (broad SMARTS) is 1. The molecule has 0 aliphatic carbocycles. The number of ketones is 3. The topological polar surface area (TPSA) is 507 Å². The number of H-pyrrole nitrogens is 3. The Hall–Kier alpha value is -9.06. The second kappa shape index (κ2) is 41.4. The number of aliphatic hydroxyl groups is 1. The molecule has 0 saturated carbocycles. The first-order valence-corrected chi connectivity index (χ1v) is 37.1. The molecule has 568 valence electrons. The van der Waals surface area contributed by atoms with Gasteiger partial charge in [-0.2, -0.15) is 0 Å². The number of benzene rings is 2. The Labute approximate surface area is 611 Å². The third-order valence-electron chi connectivity index (χ3n) is 17.7. The van der Waals surface area contributed by atoms with Crippen LogP contribution < -0.4 is 70.0 Å². The number of hydrogen-bond donors (Lipinski definition) is 18. The standard InChI is InChI=1S/C70H101N17O15S2/c1-36(2)23-52-69(101)87-60(37(3)4)70(102)83-51(24-41-28-75-46-17-11-9-15-44(41)46)63(95)56(81-61(39(6)88)40(7)89)33-104-35-103-32-55(62(94)50(73-8)27-59(92)93)79-38(5)64(96)84-53(25-42-29-76-47-18-12-10-16-45(42)47)67(99)86-54(26-43-30-74-34-78-43)68(100)82-48(19-13-14-22-71)65(97)77-31-58(91)80-49(66(98)85-52)20-21-57(72)90/h9-12,15-18,28-30,34,36-39,48-56,60-61,73,75-76,79,81,88H,13-14,19-27,31-33,35,71H2,1-8H3,(H2,72,90)(H,74,78)(H,77,97)(H,80,91)(H,82,100)(H,83,102)(H,84,96)(H,85,98)(H,86,99)(H,87,101)(H,92,93)/t38-,39+,48-,49-,50-,51-,52-,53-,54-,55?,56?,60-,61-/m0/s1. The fourth-order valence-electron chi connectivity index (χ4n) is 12.0. The molecule has 1 aliphatic rings. The summed E-state index contributed by atoms with van der Waals surface area (Å²) in [5, 5.41) is 52.9. The zero-order chi connectivity index (χ0) is 76.3. The highest BCUT2D eigenvalue weighted by atomic mass is 32.2. The van der Waals surface area contributed by atoms with Crippen LogP contribution in [0.5, 0.6) is 0 Å². The smallest absolute Gasteiger partial charge is 0.305 e. The average molecular weight is 1480 g/mol. The molecule has 2 unspecified atom stereocenters. The average Bonchev–Trinajstić information content (AvgIpc) is 1.63. The van der Waals surface area contributed by atoms with Gasteiger partial charge in [0.1, 0.15) is 42.0 Å². The summed E-state index contributed by atoms with van der Waals surface area (Å²) in [5.74, 6) is -12.0. The molecule has 13 atom stereocenters. The van der Waals surface area contributed by atoms with E-state index in [4.69, 9.17) is 11.5 Å². The number of thioether (sulfide) groups is 2. The number of hydrogen-bond acceptors (Lipinski definition) is 21. The Kier molecular flexibility index (Phi) is 33.4. The number of likely N-dealkylation sites (N-methyl/N-ethyl adjacent to an activating group) is 1. The van der Waals surface area contributed by atoms with E-state index in [0.717, 1.165) is 0 Å². The number of aromatic nitrogens is 4. The number of carboxylic acids is 1. The summed E-state index contributed by atoms with van der Waals surface area (Å²) in [6.45, 7) is 10.3. The van der Waals surface area contributed by atoms with Crippen LogP contribution in [0, 0.1) is 11.8 Å². The molecule has 104 heavy (non-hydrogen) atoms. The SMILES string of the molecule is CN[C@@H](CC(=O)O)C(=O)C1CSCSCC(N[C@H](C(C)=O)[C@@H](C)O)C(=O)[C@H](Cc2c[nH]c3ccccc23)NC(=O)[C@H](C(C)C)NC(=O)[C@H](CC(C)C)NC(=O)[C@H](CCC(N)=O)NC(=O)CNC(=O)[C@H](CCCCN)NC(=O)[C@H](Cc2cnc[nH]2)NC(=O)[C@H](Cc2c[nH]c3ccccc23)NC(=O)[C@H](C)N1. The number of carbonyl (C=O) groups excluding carboxylic acids is 12. The van der Waals surface area contributed by atoms with Gasteiger partial charge in [-0.15, -0.1) is 23.5 Å². The minimum absolute atomic E-state index is 0.0121. The maximum atomic E-state index is 15.5. The van der Waals surface area contributed by atoms with Gasteiger partial charge < -0.3 is 84.5 Å². The number of rotatable bonds is 25. The van der Waals surface area contributed by atoms with Crippen molar-refractivity contribution in [3.63, 3.8) is 0 Å². The quantitative estimate of drug-likeness (QED) is 0.0321. The predicted molar refractivity (Wildman–Crippen MR) is 393 cm³/mol. The third kappa shape index (κ3) is 25.7. The summed E-state index contributed by atoms with van der Waals surface area (Å²) in [7, 11) is 1.41. The normalized spacial score (nSPS) is 23.6. The monoisotopic (exact) mass is 1480 g/mol. The van der Waals surface area contributed by atoms with Crippen LogP contribution in [0.25, 0.3) is 21.8 Å². The van der Waals surface area contributed by atoms with Gasteiger partial charge in [0.05, 0.1) is 61.6 Å². The molecule has 0 spiro atoms. The number of Topliss-reactive ketones (excluding diaryl/α,β-unsaturated/α-hetero) is 3. The summed E-state index contributed by atoms with van der Waals surface area (Å²) in [5.41, 5.74) is 14.3. The van der Waals surface area contributed by atoms with E-state index in [-0.39, 0.29) is 67.6 Å². The van der Waals surface area contributed by atoms with Crippen LogP contribution in [0.1, 0.15) is 110 Å². The Balaban J connectivity index is 1.44. The number of unbranched alkanes of at least 4 members (excludes halogenated alkanes) is 1. The van der Waals surface area contributed by atoms with Crippen LogP contribution in [-0.2, 0) is 81.6 Å². The highest BCUT2D eigenvalue weighted by Gasteiger charge is 2.39. The van der Waals surface area contributed by atoms with E-state index >= 15 is 9.59 Å². The van der Waals surface area contributed by atoms with Crippen molar-refractivity contribution in [3.05, 3.63) is 90.3 Å². The maximum absolute atomic E-state index is 15.5. The molecule has 6 rings (SSSR count). The van der Waals surface area contributed by atoms with Crippen LogP contribution in [0.3, 0.4) is 0 Å². The van der Waals surface area contributed by atoms with Gasteiger partial charge in [0.25, 0.3) is 0 Å². The third-order valence-corrected chi connectivity index (χ3v) is 20.1.